The summed E-state index contributed by atoms with van der Waals surface area (Å²) >= 11 is 0. The van der Waals surface area contributed by atoms with E-state index in [1.54, 1.807) is 12.5 Å². The largest absolute Gasteiger partial charge is 0.391 e. The quantitative estimate of drug-likeness (QED) is 0.814. The fourth-order valence-electron chi connectivity index (χ4n) is 2.82. The summed E-state index contributed by atoms with van der Waals surface area (Å²) in [5, 5.41) is 3.28. The maximum Gasteiger partial charge on any atom is 0.391 e. The Kier molecular flexibility index (Phi) is 5.46. The highest BCUT2D eigenvalue weighted by Gasteiger charge is 2.41. The molecule has 1 N–H and O–H groups in total. The molecule has 0 bridgehead atoms. The SMILES string of the molecule is FC(F)(F)C1CCCC(NCCCCn2ccnc2)C1. The number of aromatic nitrogens is 2. The fraction of sp³-hybridized carbons (Fsp3) is 0.786. The molecule has 0 amide bonds. The number of aryl methyl sites for hydroxylation is 1. The van der Waals surface area contributed by atoms with E-state index < -0.39 is 12.1 Å². The Labute approximate surface area is 117 Å². The Bertz CT molecular complexity index is 376. The number of halogens is 3. The third-order valence-electron chi connectivity index (χ3n) is 3.97. The van der Waals surface area contributed by atoms with Gasteiger partial charge in [0.1, 0.15) is 0 Å². The van der Waals surface area contributed by atoms with Crippen LogP contribution in [0.2, 0.25) is 0 Å². The molecule has 2 atom stereocenters. The number of imidazole rings is 1. The van der Waals surface area contributed by atoms with Gasteiger partial charge in [0.2, 0.25) is 0 Å². The molecule has 114 valence electrons. The average Bonchev–Trinajstić information content (AvgIpc) is 2.91. The van der Waals surface area contributed by atoms with Gasteiger partial charge in [-0.25, -0.2) is 4.98 Å². The molecule has 6 heteroatoms. The lowest BCUT2D eigenvalue weighted by Crippen LogP contribution is -2.39. The fourth-order valence-corrected chi connectivity index (χ4v) is 2.82. The van der Waals surface area contributed by atoms with Crippen molar-refractivity contribution in [3.05, 3.63) is 18.7 Å². The maximum absolute atomic E-state index is 12.7. The van der Waals surface area contributed by atoms with Crippen LogP contribution in [-0.4, -0.2) is 28.3 Å². The summed E-state index contributed by atoms with van der Waals surface area (Å²) in [5.74, 6) is -1.11. The van der Waals surface area contributed by atoms with Gasteiger partial charge in [-0.05, 0) is 38.6 Å². The summed E-state index contributed by atoms with van der Waals surface area (Å²) in [4.78, 5) is 3.97. The standard InChI is InChI=1S/C14H22F3N3/c15-14(16,17)12-4-3-5-13(10-12)19-6-1-2-8-20-9-7-18-11-20/h7,9,11-13,19H,1-6,8,10H2. The predicted molar refractivity (Wildman–Crippen MR) is 71.3 cm³/mol. The molecular weight excluding hydrogens is 267 g/mol. The molecule has 0 aromatic carbocycles. The van der Waals surface area contributed by atoms with Gasteiger partial charge in [-0.2, -0.15) is 13.2 Å². The number of hydrogen-bond acceptors (Lipinski definition) is 2. The van der Waals surface area contributed by atoms with Crippen molar-refractivity contribution < 1.29 is 13.2 Å². The van der Waals surface area contributed by atoms with Gasteiger partial charge in [0.05, 0.1) is 12.2 Å². The maximum atomic E-state index is 12.7. The average molecular weight is 289 g/mol. The smallest absolute Gasteiger partial charge is 0.337 e. The van der Waals surface area contributed by atoms with E-state index in [4.69, 9.17) is 0 Å². The molecule has 2 unspecified atom stereocenters. The second-order valence-electron chi connectivity index (χ2n) is 5.56. The van der Waals surface area contributed by atoms with Crippen molar-refractivity contribution in [3.63, 3.8) is 0 Å². The number of rotatable bonds is 6. The minimum absolute atomic E-state index is 0.0311. The molecule has 2 rings (SSSR count). The first kappa shape index (κ1) is 15.4. The zero-order valence-corrected chi connectivity index (χ0v) is 11.6. The summed E-state index contributed by atoms with van der Waals surface area (Å²) in [6.07, 6.45) is 5.49. The summed E-state index contributed by atoms with van der Waals surface area (Å²) in [5.41, 5.74) is 0. The first-order valence-electron chi connectivity index (χ1n) is 7.31. The highest BCUT2D eigenvalue weighted by atomic mass is 19.4. The van der Waals surface area contributed by atoms with E-state index in [0.29, 0.717) is 12.8 Å². The summed E-state index contributed by atoms with van der Waals surface area (Å²) in [6, 6.07) is 0.0311. The zero-order valence-electron chi connectivity index (χ0n) is 11.6. The van der Waals surface area contributed by atoms with Gasteiger partial charge in [0, 0.05) is 25.0 Å². The Morgan fingerprint density at radius 1 is 1.25 bits per heavy atom. The van der Waals surface area contributed by atoms with Crippen LogP contribution in [0.25, 0.3) is 0 Å². The molecule has 0 aliphatic heterocycles. The highest BCUT2D eigenvalue weighted by molar-refractivity contribution is 4.81. The Hall–Kier alpha value is -1.04. The lowest BCUT2D eigenvalue weighted by atomic mass is 9.85. The van der Waals surface area contributed by atoms with Crippen LogP contribution in [0.3, 0.4) is 0 Å². The lowest BCUT2D eigenvalue weighted by Gasteiger charge is -2.31. The van der Waals surface area contributed by atoms with Gasteiger partial charge >= 0.3 is 6.18 Å². The van der Waals surface area contributed by atoms with Crippen LogP contribution in [-0.2, 0) is 6.54 Å². The molecule has 3 nitrogen and oxygen atoms in total. The van der Waals surface area contributed by atoms with Crippen molar-refractivity contribution in [2.75, 3.05) is 6.54 Å². The monoisotopic (exact) mass is 289 g/mol. The normalized spacial score (nSPS) is 23.9. The van der Waals surface area contributed by atoms with Crippen LogP contribution in [0.4, 0.5) is 13.2 Å². The van der Waals surface area contributed by atoms with Crippen molar-refractivity contribution in [1.82, 2.24) is 14.9 Å². The van der Waals surface area contributed by atoms with Crippen LogP contribution in [0.1, 0.15) is 38.5 Å². The highest BCUT2D eigenvalue weighted by Crippen LogP contribution is 2.37. The van der Waals surface area contributed by atoms with E-state index in [2.05, 4.69) is 10.3 Å². The van der Waals surface area contributed by atoms with Crippen LogP contribution in [0.15, 0.2) is 18.7 Å². The van der Waals surface area contributed by atoms with E-state index >= 15 is 0 Å². The van der Waals surface area contributed by atoms with Crippen molar-refractivity contribution in [3.8, 4) is 0 Å². The first-order chi connectivity index (χ1) is 9.55. The van der Waals surface area contributed by atoms with E-state index in [1.165, 1.54) is 0 Å². The minimum Gasteiger partial charge on any atom is -0.337 e. The zero-order chi connectivity index (χ0) is 14.4. The first-order valence-corrected chi connectivity index (χ1v) is 7.31. The summed E-state index contributed by atoms with van der Waals surface area (Å²) in [7, 11) is 0. The van der Waals surface area contributed by atoms with Crippen molar-refractivity contribution in [2.24, 2.45) is 5.92 Å². The molecule has 0 saturated heterocycles. The molecular formula is C14H22F3N3. The van der Waals surface area contributed by atoms with Crippen molar-refractivity contribution in [2.45, 2.75) is 57.3 Å². The number of unbranched alkanes of at least 4 members (excludes halogenated alkanes) is 1. The van der Waals surface area contributed by atoms with E-state index in [9.17, 15) is 13.2 Å². The van der Waals surface area contributed by atoms with Gasteiger partial charge in [0.25, 0.3) is 0 Å². The summed E-state index contributed by atoms with van der Waals surface area (Å²) in [6.45, 7) is 1.71. The molecule has 1 aliphatic carbocycles. The molecule has 1 aromatic heterocycles. The number of nitrogens with zero attached hydrogens (tertiary/aromatic N) is 2. The van der Waals surface area contributed by atoms with Crippen molar-refractivity contribution in [1.29, 1.82) is 0 Å². The Morgan fingerprint density at radius 2 is 2.10 bits per heavy atom. The predicted octanol–water partition coefficient (Wildman–Crippen LogP) is 3.37. The molecule has 20 heavy (non-hydrogen) atoms. The molecule has 1 fully saturated rings. The molecule has 1 heterocycles. The third-order valence-corrected chi connectivity index (χ3v) is 3.97. The second-order valence-corrected chi connectivity index (χ2v) is 5.56. The van der Waals surface area contributed by atoms with Crippen LogP contribution in [0, 0.1) is 5.92 Å². The van der Waals surface area contributed by atoms with Crippen LogP contribution in [0.5, 0.6) is 0 Å². The lowest BCUT2D eigenvalue weighted by molar-refractivity contribution is -0.183. The number of hydrogen-bond donors (Lipinski definition) is 1. The second kappa shape index (κ2) is 7.11. The molecule has 1 aromatic rings. The molecule has 0 spiro atoms. The van der Waals surface area contributed by atoms with Crippen molar-refractivity contribution >= 4 is 0 Å². The third kappa shape index (κ3) is 4.81. The van der Waals surface area contributed by atoms with Gasteiger partial charge in [-0.1, -0.05) is 6.42 Å². The van der Waals surface area contributed by atoms with E-state index in [-0.39, 0.29) is 12.5 Å². The van der Waals surface area contributed by atoms with Gasteiger partial charge < -0.3 is 9.88 Å². The van der Waals surface area contributed by atoms with Gasteiger partial charge in [-0.3, -0.25) is 0 Å². The van der Waals surface area contributed by atoms with Crippen LogP contribution >= 0.6 is 0 Å². The topological polar surface area (TPSA) is 29.9 Å². The van der Waals surface area contributed by atoms with E-state index in [1.807, 2.05) is 10.8 Å². The molecule has 1 saturated carbocycles. The van der Waals surface area contributed by atoms with E-state index in [0.717, 1.165) is 32.4 Å². The molecule has 1 aliphatic rings. The van der Waals surface area contributed by atoms with Crippen LogP contribution < -0.4 is 5.32 Å². The Balaban J connectivity index is 1.59. The molecule has 0 radical (unpaired) electrons. The minimum atomic E-state index is -4.03. The van der Waals surface area contributed by atoms with Gasteiger partial charge in [0.15, 0.2) is 0 Å². The Morgan fingerprint density at radius 3 is 2.80 bits per heavy atom. The summed E-state index contributed by atoms with van der Waals surface area (Å²) < 4.78 is 40.0. The number of nitrogens with one attached hydrogen (secondary N) is 1. The van der Waals surface area contributed by atoms with Gasteiger partial charge in [-0.15, -0.1) is 0 Å². The number of alkyl halides is 3.